The molecule has 0 saturated heterocycles. The maximum absolute atomic E-state index is 12.0. The lowest BCUT2D eigenvalue weighted by Crippen LogP contribution is -2.14. The van der Waals surface area contributed by atoms with Crippen molar-refractivity contribution in [2.75, 3.05) is 5.32 Å². The van der Waals surface area contributed by atoms with Gasteiger partial charge in [-0.3, -0.25) is 9.78 Å². The van der Waals surface area contributed by atoms with Gasteiger partial charge in [0, 0.05) is 23.1 Å². The zero-order chi connectivity index (χ0) is 13.1. The highest BCUT2D eigenvalue weighted by molar-refractivity contribution is 9.10. The first-order valence-electron chi connectivity index (χ1n) is 5.11. The van der Waals surface area contributed by atoms with Crippen LogP contribution in [0.3, 0.4) is 0 Å². The van der Waals surface area contributed by atoms with E-state index < -0.39 is 0 Å². The Morgan fingerprint density at radius 2 is 2.22 bits per heavy atom. The highest BCUT2D eigenvalue weighted by atomic mass is 79.9. The van der Waals surface area contributed by atoms with Crippen molar-refractivity contribution in [1.29, 1.82) is 0 Å². The zero-order valence-corrected chi connectivity index (χ0v) is 11.8. The molecule has 2 aromatic rings. The van der Waals surface area contributed by atoms with Crippen LogP contribution in [-0.4, -0.2) is 15.9 Å². The average molecular weight is 327 g/mol. The summed E-state index contributed by atoms with van der Waals surface area (Å²) in [4.78, 5) is 20.0. The van der Waals surface area contributed by atoms with Gasteiger partial charge in [-0.25, -0.2) is 4.98 Å². The van der Waals surface area contributed by atoms with Gasteiger partial charge in [-0.05, 0) is 40.5 Å². The molecule has 92 valence electrons. The molecule has 0 atom stereocenters. The standard InChI is InChI=1S/C12H9BrClN3O/c1-7-4-8(13)5-16-11(7)17-12(18)9-2-3-15-6-10(9)14/h2-6H,1H3,(H,16,17,18). The van der Waals surface area contributed by atoms with Gasteiger partial charge in [0.2, 0.25) is 0 Å². The van der Waals surface area contributed by atoms with Gasteiger partial charge in [0.25, 0.3) is 5.91 Å². The summed E-state index contributed by atoms with van der Waals surface area (Å²) in [5.74, 6) is 0.205. The van der Waals surface area contributed by atoms with Gasteiger partial charge >= 0.3 is 0 Å². The quantitative estimate of drug-likeness (QED) is 0.919. The second-order valence-corrected chi connectivity index (χ2v) is 4.95. The fourth-order valence-electron chi connectivity index (χ4n) is 1.41. The molecule has 0 unspecified atom stereocenters. The van der Waals surface area contributed by atoms with Crippen molar-refractivity contribution in [3.8, 4) is 0 Å². The number of nitrogens with zero attached hydrogens (tertiary/aromatic N) is 2. The van der Waals surface area contributed by atoms with Gasteiger partial charge in [0.15, 0.2) is 0 Å². The number of rotatable bonds is 2. The SMILES string of the molecule is Cc1cc(Br)cnc1NC(=O)c1ccncc1Cl. The smallest absolute Gasteiger partial charge is 0.258 e. The summed E-state index contributed by atoms with van der Waals surface area (Å²) < 4.78 is 0.861. The minimum absolute atomic E-state index is 0.305. The molecule has 0 aliphatic carbocycles. The van der Waals surface area contributed by atoms with E-state index in [1.54, 1.807) is 12.3 Å². The number of pyridine rings is 2. The number of aryl methyl sites for hydroxylation is 1. The predicted octanol–water partition coefficient (Wildman–Crippen LogP) is 3.45. The number of aromatic nitrogens is 2. The van der Waals surface area contributed by atoms with Gasteiger partial charge in [-0.1, -0.05) is 11.6 Å². The van der Waals surface area contributed by atoms with Crippen LogP contribution in [0.4, 0.5) is 5.82 Å². The minimum atomic E-state index is -0.305. The topological polar surface area (TPSA) is 54.9 Å². The molecule has 0 aliphatic heterocycles. The summed E-state index contributed by atoms with van der Waals surface area (Å²) in [5, 5.41) is 3.02. The molecule has 2 aromatic heterocycles. The highest BCUT2D eigenvalue weighted by Gasteiger charge is 2.12. The zero-order valence-electron chi connectivity index (χ0n) is 9.45. The van der Waals surface area contributed by atoms with E-state index in [-0.39, 0.29) is 5.91 Å². The highest BCUT2D eigenvalue weighted by Crippen LogP contribution is 2.19. The van der Waals surface area contributed by atoms with Crippen molar-refractivity contribution < 1.29 is 4.79 Å². The summed E-state index contributed by atoms with van der Waals surface area (Å²) >= 11 is 9.21. The lowest BCUT2D eigenvalue weighted by atomic mass is 10.2. The van der Waals surface area contributed by atoms with Crippen molar-refractivity contribution in [2.24, 2.45) is 0 Å². The van der Waals surface area contributed by atoms with Crippen LogP contribution in [0.15, 0.2) is 35.2 Å². The number of amides is 1. The fourth-order valence-corrected chi connectivity index (χ4v) is 2.06. The van der Waals surface area contributed by atoms with Crippen LogP contribution in [0.2, 0.25) is 5.02 Å². The molecular formula is C12H9BrClN3O. The van der Waals surface area contributed by atoms with E-state index in [4.69, 9.17) is 11.6 Å². The number of hydrogen-bond donors (Lipinski definition) is 1. The van der Waals surface area contributed by atoms with E-state index >= 15 is 0 Å². The lowest BCUT2D eigenvalue weighted by molar-refractivity contribution is 0.102. The first-order valence-corrected chi connectivity index (χ1v) is 6.28. The van der Waals surface area contributed by atoms with Crippen LogP contribution >= 0.6 is 27.5 Å². The molecule has 1 amide bonds. The van der Waals surface area contributed by atoms with Crippen molar-refractivity contribution in [3.05, 3.63) is 51.3 Å². The van der Waals surface area contributed by atoms with Gasteiger partial charge < -0.3 is 5.32 Å². The van der Waals surface area contributed by atoms with E-state index in [0.717, 1.165) is 10.0 Å². The second kappa shape index (κ2) is 5.46. The fraction of sp³-hybridized carbons (Fsp3) is 0.0833. The van der Waals surface area contributed by atoms with Crippen LogP contribution in [0.25, 0.3) is 0 Å². The van der Waals surface area contributed by atoms with Crippen LogP contribution in [0.5, 0.6) is 0 Å². The Morgan fingerprint density at radius 1 is 1.44 bits per heavy atom. The van der Waals surface area contributed by atoms with E-state index in [2.05, 4.69) is 31.2 Å². The Bertz CT molecular complexity index is 604. The van der Waals surface area contributed by atoms with Crippen LogP contribution < -0.4 is 5.32 Å². The molecule has 0 radical (unpaired) electrons. The molecule has 0 spiro atoms. The second-order valence-electron chi connectivity index (χ2n) is 3.63. The number of carbonyl (C=O) groups excluding carboxylic acids is 1. The molecule has 6 heteroatoms. The Morgan fingerprint density at radius 3 is 2.89 bits per heavy atom. The predicted molar refractivity (Wildman–Crippen MR) is 73.9 cm³/mol. The summed E-state index contributed by atoms with van der Waals surface area (Å²) in [6.45, 7) is 1.86. The molecule has 2 heterocycles. The number of nitrogens with one attached hydrogen (secondary N) is 1. The van der Waals surface area contributed by atoms with Crippen molar-refractivity contribution >= 4 is 39.3 Å². The summed E-state index contributed by atoms with van der Waals surface area (Å²) in [5.41, 5.74) is 1.23. The Kier molecular flexibility index (Phi) is 3.93. The van der Waals surface area contributed by atoms with Gasteiger partial charge in [-0.2, -0.15) is 0 Å². The largest absolute Gasteiger partial charge is 0.306 e. The van der Waals surface area contributed by atoms with E-state index in [9.17, 15) is 4.79 Å². The molecule has 0 fully saturated rings. The van der Waals surface area contributed by atoms with E-state index in [0.29, 0.717) is 16.4 Å². The third-order valence-corrected chi connectivity index (χ3v) is 3.03. The van der Waals surface area contributed by atoms with Crippen LogP contribution in [0.1, 0.15) is 15.9 Å². The third-order valence-electron chi connectivity index (χ3n) is 2.29. The maximum Gasteiger partial charge on any atom is 0.258 e. The van der Waals surface area contributed by atoms with Gasteiger partial charge in [0.1, 0.15) is 5.82 Å². The molecule has 18 heavy (non-hydrogen) atoms. The summed E-state index contributed by atoms with van der Waals surface area (Å²) in [6.07, 6.45) is 4.57. The molecule has 0 saturated carbocycles. The number of anilines is 1. The summed E-state index contributed by atoms with van der Waals surface area (Å²) in [6, 6.07) is 3.43. The number of carbonyl (C=O) groups is 1. The van der Waals surface area contributed by atoms with Crippen LogP contribution in [-0.2, 0) is 0 Å². The lowest BCUT2D eigenvalue weighted by Gasteiger charge is -2.08. The number of halogens is 2. The summed E-state index contributed by atoms with van der Waals surface area (Å²) in [7, 11) is 0. The van der Waals surface area contributed by atoms with Gasteiger partial charge in [-0.15, -0.1) is 0 Å². The Hall–Kier alpha value is -1.46. The molecule has 4 nitrogen and oxygen atoms in total. The van der Waals surface area contributed by atoms with Gasteiger partial charge in [0.05, 0.1) is 10.6 Å². The molecule has 2 rings (SSSR count). The Balaban J connectivity index is 2.24. The minimum Gasteiger partial charge on any atom is -0.306 e. The molecule has 0 bridgehead atoms. The number of hydrogen-bond acceptors (Lipinski definition) is 3. The van der Waals surface area contributed by atoms with Crippen molar-refractivity contribution in [2.45, 2.75) is 6.92 Å². The van der Waals surface area contributed by atoms with Crippen molar-refractivity contribution in [1.82, 2.24) is 9.97 Å². The van der Waals surface area contributed by atoms with Crippen LogP contribution in [0, 0.1) is 6.92 Å². The molecule has 1 N–H and O–H groups in total. The maximum atomic E-state index is 12.0. The average Bonchev–Trinajstić information content (AvgIpc) is 2.33. The third kappa shape index (κ3) is 2.86. The normalized spacial score (nSPS) is 10.2. The Labute approximate surface area is 118 Å². The monoisotopic (exact) mass is 325 g/mol. The first-order chi connectivity index (χ1) is 8.58. The first kappa shape index (κ1) is 13.0. The molecule has 0 aromatic carbocycles. The molecule has 0 aliphatic rings. The molecular weight excluding hydrogens is 318 g/mol. The van der Waals surface area contributed by atoms with E-state index in [1.165, 1.54) is 12.4 Å². The van der Waals surface area contributed by atoms with E-state index in [1.807, 2.05) is 13.0 Å². The van der Waals surface area contributed by atoms with Crippen molar-refractivity contribution in [3.63, 3.8) is 0 Å².